The fourth-order valence-electron chi connectivity index (χ4n) is 2.05. The zero-order chi connectivity index (χ0) is 18.4. The van der Waals surface area contributed by atoms with Crippen LogP contribution in [0.5, 0.6) is 0 Å². The van der Waals surface area contributed by atoms with Crippen LogP contribution < -0.4 is 10.7 Å². The molecule has 0 amide bonds. The fraction of sp³-hybridized carbons (Fsp3) is 0.176. The zero-order valence-electron chi connectivity index (χ0n) is 13.9. The summed E-state index contributed by atoms with van der Waals surface area (Å²) in [4.78, 5) is 3.96. The molecule has 0 aromatic heterocycles. The fourth-order valence-corrected chi connectivity index (χ4v) is 2.31. The van der Waals surface area contributed by atoms with Crippen LogP contribution in [0.25, 0.3) is 0 Å². The molecule has 9 heteroatoms. The second-order valence-corrected chi connectivity index (χ2v) is 5.89. The smallest absolute Gasteiger partial charge is 0.358 e. The Hall–Kier alpha value is -2.06. The number of nitrogens with zero attached hydrogens (tertiary/aromatic N) is 2. The Morgan fingerprint density at radius 1 is 0.962 bits per heavy atom. The lowest BCUT2D eigenvalue weighted by molar-refractivity contribution is -0.137. The number of aliphatic imine (C=N–C) groups is 1. The van der Waals surface area contributed by atoms with Gasteiger partial charge in [0.05, 0.1) is 11.3 Å². The van der Waals surface area contributed by atoms with Crippen molar-refractivity contribution < 1.29 is 13.2 Å². The Bertz CT molecular complexity index is 772. The van der Waals surface area contributed by atoms with Crippen LogP contribution >= 0.6 is 28.3 Å². The van der Waals surface area contributed by atoms with E-state index in [9.17, 15) is 13.2 Å². The highest BCUT2D eigenvalue weighted by molar-refractivity contribution is 9.10. The number of benzene rings is 2. The maximum absolute atomic E-state index is 12.8. The van der Waals surface area contributed by atoms with Gasteiger partial charge in [0.15, 0.2) is 0 Å². The van der Waals surface area contributed by atoms with E-state index in [1.807, 2.05) is 24.3 Å². The largest absolute Gasteiger partial charge is 0.416 e. The Morgan fingerprint density at radius 3 is 1.88 bits per heavy atom. The molecule has 2 rings (SSSR count). The van der Waals surface area contributed by atoms with Crippen LogP contribution in [0, 0.1) is 0 Å². The summed E-state index contributed by atoms with van der Waals surface area (Å²) in [7, 11) is 3.27. The first kappa shape index (κ1) is 22.0. The molecule has 2 aromatic rings. The third-order valence-corrected chi connectivity index (χ3v) is 3.87. The summed E-state index contributed by atoms with van der Waals surface area (Å²) in [6.45, 7) is 0. The van der Waals surface area contributed by atoms with Crippen molar-refractivity contribution in [2.45, 2.75) is 6.18 Å². The molecule has 0 aliphatic heterocycles. The molecule has 0 saturated carbocycles. The van der Waals surface area contributed by atoms with Gasteiger partial charge < -0.3 is 5.32 Å². The van der Waals surface area contributed by atoms with Crippen molar-refractivity contribution in [2.24, 2.45) is 10.1 Å². The molecule has 0 aliphatic rings. The number of rotatable bonds is 3. The monoisotopic (exact) mass is 448 g/mol. The molecule has 2 aromatic carbocycles. The average molecular weight is 450 g/mol. The second kappa shape index (κ2) is 9.59. The molecule has 0 saturated heterocycles. The molecule has 0 unspecified atom stereocenters. The first-order valence-electron chi connectivity index (χ1n) is 7.27. The van der Waals surface area contributed by atoms with E-state index in [1.165, 1.54) is 12.1 Å². The van der Waals surface area contributed by atoms with Crippen LogP contribution in [0.4, 0.5) is 13.2 Å². The van der Waals surface area contributed by atoms with E-state index >= 15 is 0 Å². The summed E-state index contributed by atoms with van der Waals surface area (Å²) in [5.41, 5.74) is 3.87. The molecule has 2 N–H and O–H groups in total. The summed E-state index contributed by atoms with van der Waals surface area (Å²) >= 11 is 3.36. The standard InChI is InChI=1S/C17H16BrF3N4.ClH/c1-22-16(23-2)25-24-15(12-5-9-14(18)10-6-12)11-3-7-13(8-4-11)17(19,20)21;/h3-10H,1-2H3,(H2,22,23,25);1H/b24-15+;. The minimum absolute atomic E-state index is 0. The van der Waals surface area contributed by atoms with Crippen molar-refractivity contribution in [1.82, 2.24) is 10.7 Å². The molecule has 4 nitrogen and oxygen atoms in total. The number of hydrazone groups is 1. The molecule has 26 heavy (non-hydrogen) atoms. The minimum atomic E-state index is -4.38. The van der Waals surface area contributed by atoms with Gasteiger partial charge in [0, 0.05) is 29.7 Å². The third kappa shape index (κ3) is 5.74. The Balaban J connectivity index is 0.00000338. The van der Waals surface area contributed by atoms with Gasteiger partial charge in [0.2, 0.25) is 5.96 Å². The van der Waals surface area contributed by atoms with Crippen LogP contribution in [-0.4, -0.2) is 25.8 Å². The van der Waals surface area contributed by atoms with E-state index in [0.29, 0.717) is 17.2 Å². The number of nitrogens with one attached hydrogen (secondary N) is 2. The lowest BCUT2D eigenvalue weighted by Gasteiger charge is -2.11. The van der Waals surface area contributed by atoms with Crippen LogP contribution in [0.2, 0.25) is 0 Å². The Kier molecular flexibility index (Phi) is 8.10. The molecule has 140 valence electrons. The highest BCUT2D eigenvalue weighted by atomic mass is 79.9. The van der Waals surface area contributed by atoms with Gasteiger partial charge in [-0.15, -0.1) is 12.4 Å². The maximum Gasteiger partial charge on any atom is 0.416 e. The van der Waals surface area contributed by atoms with E-state index < -0.39 is 11.7 Å². The van der Waals surface area contributed by atoms with Gasteiger partial charge in [-0.2, -0.15) is 18.3 Å². The molecule has 0 bridgehead atoms. The Labute approximate surface area is 164 Å². The van der Waals surface area contributed by atoms with Crippen LogP contribution in [0.1, 0.15) is 16.7 Å². The van der Waals surface area contributed by atoms with Crippen molar-refractivity contribution in [3.8, 4) is 0 Å². The molecule has 0 aliphatic carbocycles. The molecule has 0 heterocycles. The number of hydrogen-bond acceptors (Lipinski definition) is 2. The summed E-state index contributed by atoms with van der Waals surface area (Å²) in [5.74, 6) is 0.432. The summed E-state index contributed by atoms with van der Waals surface area (Å²) in [6.07, 6.45) is -4.38. The van der Waals surface area contributed by atoms with Crippen LogP contribution in [0.15, 0.2) is 63.1 Å². The quantitative estimate of drug-likeness (QED) is 0.414. The van der Waals surface area contributed by atoms with Gasteiger partial charge in [0.1, 0.15) is 0 Å². The maximum atomic E-state index is 12.8. The van der Waals surface area contributed by atoms with Gasteiger partial charge in [0.25, 0.3) is 0 Å². The normalized spacial score (nSPS) is 12.4. The molecule has 0 atom stereocenters. The number of guanidine groups is 1. The molecule has 0 radical (unpaired) electrons. The van der Waals surface area contributed by atoms with Crippen molar-refractivity contribution in [2.75, 3.05) is 14.1 Å². The number of halogens is 5. The SMILES string of the molecule is CN=C(NC)N/N=C(/c1ccc(Br)cc1)c1ccc(C(F)(F)F)cc1.Cl. The van der Waals surface area contributed by atoms with Crippen molar-refractivity contribution in [1.29, 1.82) is 0 Å². The Morgan fingerprint density at radius 2 is 1.46 bits per heavy atom. The van der Waals surface area contributed by atoms with Gasteiger partial charge >= 0.3 is 6.18 Å². The molecular weight excluding hydrogens is 433 g/mol. The highest BCUT2D eigenvalue weighted by Crippen LogP contribution is 2.29. The second-order valence-electron chi connectivity index (χ2n) is 4.98. The zero-order valence-corrected chi connectivity index (χ0v) is 16.3. The third-order valence-electron chi connectivity index (χ3n) is 3.34. The number of alkyl halides is 3. The van der Waals surface area contributed by atoms with E-state index in [-0.39, 0.29) is 12.4 Å². The van der Waals surface area contributed by atoms with Gasteiger partial charge in [-0.05, 0) is 24.3 Å². The number of hydrogen-bond donors (Lipinski definition) is 2. The van der Waals surface area contributed by atoms with Crippen molar-refractivity contribution in [3.05, 3.63) is 69.7 Å². The first-order chi connectivity index (χ1) is 11.8. The first-order valence-corrected chi connectivity index (χ1v) is 8.06. The van der Waals surface area contributed by atoms with Crippen LogP contribution in [-0.2, 0) is 6.18 Å². The van der Waals surface area contributed by atoms with E-state index in [0.717, 1.165) is 22.2 Å². The van der Waals surface area contributed by atoms with Gasteiger partial charge in [-0.3, -0.25) is 4.99 Å². The summed E-state index contributed by atoms with van der Waals surface area (Å²) < 4.78 is 39.2. The molecule has 0 fully saturated rings. The topological polar surface area (TPSA) is 48.8 Å². The lowest BCUT2D eigenvalue weighted by atomic mass is 10.0. The average Bonchev–Trinajstić information content (AvgIpc) is 2.59. The van der Waals surface area contributed by atoms with E-state index in [2.05, 4.69) is 36.8 Å². The van der Waals surface area contributed by atoms with Crippen LogP contribution in [0.3, 0.4) is 0 Å². The predicted octanol–water partition coefficient (Wildman–Crippen LogP) is 4.44. The van der Waals surface area contributed by atoms with E-state index in [4.69, 9.17) is 0 Å². The van der Waals surface area contributed by atoms with Crippen molar-refractivity contribution in [3.63, 3.8) is 0 Å². The van der Waals surface area contributed by atoms with Gasteiger partial charge in [-0.1, -0.05) is 40.2 Å². The lowest BCUT2D eigenvalue weighted by Crippen LogP contribution is -2.32. The minimum Gasteiger partial charge on any atom is -0.358 e. The molecule has 0 spiro atoms. The summed E-state index contributed by atoms with van der Waals surface area (Å²) in [6, 6.07) is 12.2. The predicted molar refractivity (Wildman–Crippen MR) is 104 cm³/mol. The van der Waals surface area contributed by atoms with E-state index in [1.54, 1.807) is 14.1 Å². The molecular formula is C17H17BrClF3N4. The van der Waals surface area contributed by atoms with Crippen molar-refractivity contribution >= 4 is 40.0 Å². The summed E-state index contributed by atoms with van der Waals surface area (Å²) in [5, 5.41) is 7.13. The van der Waals surface area contributed by atoms with Gasteiger partial charge in [-0.25, -0.2) is 5.43 Å². The highest BCUT2D eigenvalue weighted by Gasteiger charge is 2.30.